The summed E-state index contributed by atoms with van der Waals surface area (Å²) in [4.78, 5) is 22.7. The molecule has 2 bridgehead atoms. The first-order valence-electron chi connectivity index (χ1n) is 4.32. The smallest absolute Gasteiger partial charge is 0.407 e. The van der Waals surface area contributed by atoms with Crippen molar-refractivity contribution in [1.29, 1.82) is 0 Å². The molecule has 1 aliphatic heterocycles. The van der Waals surface area contributed by atoms with Crippen LogP contribution in [0.4, 0.5) is 4.79 Å². The first kappa shape index (κ1) is 8.34. The van der Waals surface area contributed by atoms with Crippen molar-refractivity contribution in [2.45, 2.75) is 18.9 Å². The van der Waals surface area contributed by atoms with E-state index in [2.05, 4.69) is 0 Å². The normalized spacial score (nSPS) is 36.6. The second-order valence-corrected chi connectivity index (χ2v) is 3.76. The van der Waals surface area contributed by atoms with Crippen molar-refractivity contribution in [2.75, 3.05) is 6.54 Å². The lowest BCUT2D eigenvalue weighted by Gasteiger charge is -2.27. The van der Waals surface area contributed by atoms with Crippen LogP contribution in [0.15, 0.2) is 0 Å². The summed E-state index contributed by atoms with van der Waals surface area (Å²) in [5, 5.41) is 17.5. The van der Waals surface area contributed by atoms with E-state index in [9.17, 15) is 9.59 Å². The Kier molecular flexibility index (Phi) is 1.68. The summed E-state index contributed by atoms with van der Waals surface area (Å²) in [6, 6.07) is -0.0522. The molecule has 5 heteroatoms. The van der Waals surface area contributed by atoms with Gasteiger partial charge in [0.1, 0.15) is 0 Å². The number of carboxylic acids is 1. The lowest BCUT2D eigenvalue weighted by atomic mass is 9.95. The van der Waals surface area contributed by atoms with Gasteiger partial charge in [-0.3, -0.25) is 4.79 Å². The van der Waals surface area contributed by atoms with Gasteiger partial charge in [-0.15, -0.1) is 0 Å². The standard InChI is InChI=1S/C8H11NO4/c10-7(11)6-2-5-1-4(6)3-9(5)8(12)13/h4-6H,1-3H2,(H,10,11)(H,12,13)/t4-,5-,6+/m0/s1. The maximum atomic E-state index is 10.7. The SMILES string of the molecule is O=C(O)[C@@H]1C[C@@H]2C[C@H]1CN2C(=O)O. The molecule has 2 fully saturated rings. The van der Waals surface area contributed by atoms with Crippen LogP contribution in [0.1, 0.15) is 12.8 Å². The minimum atomic E-state index is -0.920. The Morgan fingerprint density at radius 3 is 2.31 bits per heavy atom. The van der Waals surface area contributed by atoms with Gasteiger partial charge in [-0.1, -0.05) is 0 Å². The van der Waals surface area contributed by atoms with Crippen LogP contribution in [0.2, 0.25) is 0 Å². The number of fused-ring (bicyclic) bond motifs is 2. The molecule has 0 spiro atoms. The van der Waals surface area contributed by atoms with Gasteiger partial charge in [-0.2, -0.15) is 0 Å². The first-order valence-corrected chi connectivity index (χ1v) is 4.32. The Morgan fingerprint density at radius 2 is 1.92 bits per heavy atom. The summed E-state index contributed by atoms with van der Waals surface area (Å²) in [6.45, 7) is 0.400. The predicted molar refractivity (Wildman–Crippen MR) is 42.4 cm³/mol. The molecule has 13 heavy (non-hydrogen) atoms. The molecular weight excluding hydrogens is 174 g/mol. The van der Waals surface area contributed by atoms with E-state index in [1.54, 1.807) is 0 Å². The number of hydrogen-bond donors (Lipinski definition) is 2. The summed E-state index contributed by atoms with van der Waals surface area (Å²) in [7, 11) is 0. The number of aliphatic carboxylic acids is 1. The lowest BCUT2D eigenvalue weighted by molar-refractivity contribution is -0.143. The van der Waals surface area contributed by atoms with Gasteiger partial charge in [0.25, 0.3) is 0 Å². The van der Waals surface area contributed by atoms with Gasteiger partial charge in [0.2, 0.25) is 0 Å². The zero-order valence-corrected chi connectivity index (χ0v) is 7.01. The van der Waals surface area contributed by atoms with Gasteiger partial charge in [-0.25, -0.2) is 4.79 Å². The maximum Gasteiger partial charge on any atom is 0.407 e. The highest BCUT2D eigenvalue weighted by Crippen LogP contribution is 2.41. The molecular formula is C8H11NO4. The van der Waals surface area contributed by atoms with Crippen molar-refractivity contribution in [3.63, 3.8) is 0 Å². The lowest BCUT2D eigenvalue weighted by Crippen LogP contribution is -2.40. The highest BCUT2D eigenvalue weighted by atomic mass is 16.4. The van der Waals surface area contributed by atoms with E-state index in [0.717, 1.165) is 6.42 Å². The zero-order chi connectivity index (χ0) is 9.59. The quantitative estimate of drug-likeness (QED) is 0.622. The number of amides is 1. The Morgan fingerprint density at radius 1 is 1.23 bits per heavy atom. The monoisotopic (exact) mass is 185 g/mol. The summed E-state index contributed by atoms with van der Waals surface area (Å²) in [5.74, 6) is -1.06. The Labute approximate surface area is 75.0 Å². The third-order valence-corrected chi connectivity index (χ3v) is 3.10. The molecule has 72 valence electrons. The van der Waals surface area contributed by atoms with E-state index in [1.165, 1.54) is 4.90 Å². The van der Waals surface area contributed by atoms with E-state index < -0.39 is 12.1 Å². The van der Waals surface area contributed by atoms with Gasteiger partial charge < -0.3 is 15.1 Å². The first-order chi connectivity index (χ1) is 6.09. The minimum Gasteiger partial charge on any atom is -0.481 e. The van der Waals surface area contributed by atoms with E-state index >= 15 is 0 Å². The van der Waals surface area contributed by atoms with Crippen LogP contribution < -0.4 is 0 Å². The van der Waals surface area contributed by atoms with E-state index in [1.807, 2.05) is 0 Å². The van der Waals surface area contributed by atoms with E-state index in [-0.39, 0.29) is 17.9 Å². The molecule has 1 heterocycles. The molecule has 0 aromatic rings. The molecule has 0 aromatic carbocycles. The molecule has 0 aromatic heterocycles. The van der Waals surface area contributed by atoms with Crippen LogP contribution in [0.3, 0.4) is 0 Å². The van der Waals surface area contributed by atoms with Crippen LogP contribution >= 0.6 is 0 Å². The average molecular weight is 185 g/mol. The fourth-order valence-corrected chi connectivity index (χ4v) is 2.49. The largest absolute Gasteiger partial charge is 0.481 e. The summed E-state index contributed by atoms with van der Waals surface area (Å²) in [6.07, 6.45) is 0.298. The van der Waals surface area contributed by atoms with E-state index in [0.29, 0.717) is 13.0 Å². The van der Waals surface area contributed by atoms with Crippen molar-refractivity contribution in [3.05, 3.63) is 0 Å². The van der Waals surface area contributed by atoms with Crippen LogP contribution in [0.25, 0.3) is 0 Å². The Hall–Kier alpha value is -1.26. The van der Waals surface area contributed by atoms with Gasteiger partial charge in [0, 0.05) is 12.6 Å². The molecule has 1 saturated carbocycles. The third-order valence-electron chi connectivity index (χ3n) is 3.10. The second-order valence-electron chi connectivity index (χ2n) is 3.76. The molecule has 0 radical (unpaired) electrons. The molecule has 1 aliphatic carbocycles. The molecule has 2 rings (SSSR count). The van der Waals surface area contributed by atoms with Gasteiger partial charge in [0.05, 0.1) is 5.92 Å². The van der Waals surface area contributed by atoms with Crippen molar-refractivity contribution < 1.29 is 19.8 Å². The fourth-order valence-electron chi connectivity index (χ4n) is 2.49. The minimum absolute atomic E-state index is 0.0404. The van der Waals surface area contributed by atoms with Crippen molar-refractivity contribution in [1.82, 2.24) is 4.90 Å². The molecule has 1 amide bonds. The predicted octanol–water partition coefficient (Wildman–Crippen LogP) is 0.459. The number of likely N-dealkylation sites (tertiary alicyclic amines) is 1. The number of rotatable bonds is 1. The fraction of sp³-hybridized carbons (Fsp3) is 0.750. The van der Waals surface area contributed by atoms with Crippen LogP contribution in [0, 0.1) is 11.8 Å². The van der Waals surface area contributed by atoms with Gasteiger partial charge in [0.15, 0.2) is 0 Å². The van der Waals surface area contributed by atoms with E-state index in [4.69, 9.17) is 10.2 Å². The molecule has 2 aliphatic rings. The van der Waals surface area contributed by atoms with Crippen molar-refractivity contribution >= 4 is 12.1 Å². The molecule has 3 atom stereocenters. The molecule has 5 nitrogen and oxygen atoms in total. The van der Waals surface area contributed by atoms with Crippen LogP contribution in [-0.2, 0) is 4.79 Å². The zero-order valence-electron chi connectivity index (χ0n) is 7.01. The summed E-state index contributed by atoms with van der Waals surface area (Å²) < 4.78 is 0. The number of nitrogens with zero attached hydrogens (tertiary/aromatic N) is 1. The Balaban J connectivity index is 2.07. The molecule has 0 unspecified atom stereocenters. The van der Waals surface area contributed by atoms with Gasteiger partial charge >= 0.3 is 12.1 Å². The molecule has 1 saturated heterocycles. The van der Waals surface area contributed by atoms with Crippen molar-refractivity contribution in [3.8, 4) is 0 Å². The van der Waals surface area contributed by atoms with Crippen molar-refractivity contribution in [2.24, 2.45) is 11.8 Å². The maximum absolute atomic E-state index is 10.7. The molecule has 2 N–H and O–H groups in total. The highest BCUT2D eigenvalue weighted by Gasteiger charge is 2.49. The number of carboxylic acid groups (broad SMARTS) is 2. The topological polar surface area (TPSA) is 77.8 Å². The number of piperidine rings is 1. The average Bonchev–Trinajstić information content (AvgIpc) is 2.60. The second kappa shape index (κ2) is 2.61. The number of hydrogen-bond acceptors (Lipinski definition) is 2. The Bertz CT molecular complexity index is 239. The van der Waals surface area contributed by atoms with Crippen LogP contribution in [0.5, 0.6) is 0 Å². The highest BCUT2D eigenvalue weighted by molar-refractivity contribution is 5.73. The summed E-state index contributed by atoms with van der Waals surface area (Å²) in [5.41, 5.74) is 0. The number of carbonyl (C=O) groups is 2. The van der Waals surface area contributed by atoms with Gasteiger partial charge in [-0.05, 0) is 18.8 Å². The summed E-state index contributed by atoms with van der Waals surface area (Å²) >= 11 is 0. The van der Waals surface area contributed by atoms with Crippen LogP contribution in [-0.4, -0.2) is 39.8 Å². The third kappa shape index (κ3) is 1.15.